The largest absolute Gasteiger partial charge is 0.496 e. The first-order valence-electron chi connectivity index (χ1n) is 7.84. The molecule has 1 fully saturated rings. The average molecular weight is 298 g/mol. The van der Waals surface area contributed by atoms with Gasteiger partial charge in [-0.25, -0.2) is 0 Å². The summed E-state index contributed by atoms with van der Waals surface area (Å²) in [5.74, 6) is 0.786. The lowest BCUT2D eigenvalue weighted by atomic mass is 10.1. The first-order chi connectivity index (χ1) is 10.8. The zero-order chi connectivity index (χ0) is 15.5. The second-order valence-corrected chi connectivity index (χ2v) is 5.76. The highest BCUT2D eigenvalue weighted by Crippen LogP contribution is 2.35. The molecule has 2 aromatic rings. The normalized spacial score (nSPS) is 15.2. The minimum Gasteiger partial charge on any atom is -0.496 e. The van der Waals surface area contributed by atoms with Crippen LogP contribution in [-0.2, 0) is 6.54 Å². The quantitative estimate of drug-likeness (QED) is 0.943. The molecule has 22 heavy (non-hydrogen) atoms. The van der Waals surface area contributed by atoms with E-state index in [2.05, 4.69) is 0 Å². The monoisotopic (exact) mass is 298 g/mol. The number of aromatic nitrogens is 1. The first-order valence-corrected chi connectivity index (χ1v) is 7.84. The Morgan fingerprint density at radius 1 is 1.18 bits per heavy atom. The molecule has 1 aliphatic rings. The maximum Gasteiger partial charge on any atom is 0.255 e. The molecule has 0 unspecified atom stereocenters. The third-order valence-corrected chi connectivity index (χ3v) is 4.49. The van der Waals surface area contributed by atoms with Gasteiger partial charge in [-0.1, -0.05) is 31.0 Å². The molecule has 1 saturated carbocycles. The van der Waals surface area contributed by atoms with E-state index in [0.717, 1.165) is 29.8 Å². The van der Waals surface area contributed by atoms with E-state index in [9.17, 15) is 4.79 Å². The fraction of sp³-hybridized carbons (Fsp3) is 0.389. The number of para-hydroxylation sites is 1. The van der Waals surface area contributed by atoms with Crippen molar-refractivity contribution in [2.45, 2.75) is 38.3 Å². The summed E-state index contributed by atoms with van der Waals surface area (Å²) in [5.41, 5.74) is 8.32. The summed E-state index contributed by atoms with van der Waals surface area (Å²) < 4.78 is 7.41. The summed E-state index contributed by atoms with van der Waals surface area (Å²) in [6.45, 7) is 0.276. The van der Waals surface area contributed by atoms with Crippen molar-refractivity contribution in [3.05, 3.63) is 52.3 Å². The topological polar surface area (TPSA) is 57.2 Å². The zero-order valence-electron chi connectivity index (χ0n) is 12.9. The smallest absolute Gasteiger partial charge is 0.255 e. The summed E-state index contributed by atoms with van der Waals surface area (Å²) in [6.07, 6.45) is 4.46. The number of nitrogens with two attached hydrogens (primary N) is 1. The van der Waals surface area contributed by atoms with Gasteiger partial charge in [0.2, 0.25) is 0 Å². The summed E-state index contributed by atoms with van der Waals surface area (Å²) in [6, 6.07) is 11.9. The Hall–Kier alpha value is -2.07. The molecule has 1 aliphatic carbocycles. The van der Waals surface area contributed by atoms with Gasteiger partial charge in [0.1, 0.15) is 5.75 Å². The Labute approximate surface area is 130 Å². The van der Waals surface area contributed by atoms with Crippen LogP contribution in [0.4, 0.5) is 0 Å². The number of hydrogen-bond donors (Lipinski definition) is 1. The number of benzene rings is 1. The average Bonchev–Trinajstić information content (AvgIpc) is 3.08. The molecule has 2 N–H and O–H groups in total. The lowest BCUT2D eigenvalue weighted by Crippen LogP contribution is -2.29. The fourth-order valence-electron chi connectivity index (χ4n) is 3.35. The molecule has 0 atom stereocenters. The maximum atomic E-state index is 12.8. The molecule has 1 heterocycles. The molecule has 0 radical (unpaired) electrons. The van der Waals surface area contributed by atoms with Gasteiger partial charge in [-0.05, 0) is 31.0 Å². The Balaban J connectivity index is 2.22. The van der Waals surface area contributed by atoms with Crippen molar-refractivity contribution in [3.63, 3.8) is 0 Å². The molecule has 116 valence electrons. The Kier molecular flexibility index (Phi) is 4.29. The van der Waals surface area contributed by atoms with Gasteiger partial charge < -0.3 is 15.0 Å². The van der Waals surface area contributed by atoms with E-state index in [1.165, 1.54) is 12.8 Å². The van der Waals surface area contributed by atoms with E-state index in [1.54, 1.807) is 7.11 Å². The molecular formula is C18H22N2O2. The Morgan fingerprint density at radius 3 is 2.59 bits per heavy atom. The highest BCUT2D eigenvalue weighted by molar-refractivity contribution is 5.67. The van der Waals surface area contributed by atoms with Crippen molar-refractivity contribution in [3.8, 4) is 17.0 Å². The van der Waals surface area contributed by atoms with Crippen LogP contribution in [0.3, 0.4) is 0 Å². The van der Waals surface area contributed by atoms with Crippen LogP contribution >= 0.6 is 0 Å². The van der Waals surface area contributed by atoms with E-state index in [1.807, 2.05) is 41.0 Å². The number of rotatable bonds is 4. The second kappa shape index (κ2) is 6.36. The van der Waals surface area contributed by atoms with Crippen LogP contribution in [-0.4, -0.2) is 11.7 Å². The Bertz CT molecular complexity index is 715. The van der Waals surface area contributed by atoms with Crippen molar-refractivity contribution >= 4 is 0 Å². The molecule has 0 bridgehead atoms. The van der Waals surface area contributed by atoms with Crippen molar-refractivity contribution in [2.75, 3.05) is 7.11 Å². The van der Waals surface area contributed by atoms with Crippen LogP contribution < -0.4 is 16.0 Å². The van der Waals surface area contributed by atoms with Gasteiger partial charge in [0.15, 0.2) is 0 Å². The van der Waals surface area contributed by atoms with E-state index >= 15 is 0 Å². The van der Waals surface area contributed by atoms with Gasteiger partial charge in [0.05, 0.1) is 12.8 Å². The lowest BCUT2D eigenvalue weighted by molar-refractivity contribution is 0.415. The zero-order valence-corrected chi connectivity index (χ0v) is 12.9. The number of methoxy groups -OCH3 is 1. The number of hydrogen-bond acceptors (Lipinski definition) is 3. The molecule has 3 rings (SSSR count). The molecule has 1 aromatic heterocycles. The van der Waals surface area contributed by atoms with Crippen LogP contribution in [0.15, 0.2) is 41.2 Å². The minimum atomic E-state index is 0.0396. The van der Waals surface area contributed by atoms with Crippen LogP contribution in [0, 0.1) is 0 Å². The van der Waals surface area contributed by atoms with Crippen LogP contribution in [0.1, 0.15) is 37.3 Å². The number of nitrogens with zero attached hydrogens (tertiary/aromatic N) is 1. The van der Waals surface area contributed by atoms with E-state index in [-0.39, 0.29) is 18.1 Å². The van der Waals surface area contributed by atoms with Crippen LogP contribution in [0.2, 0.25) is 0 Å². The maximum absolute atomic E-state index is 12.8. The Morgan fingerprint density at radius 2 is 1.91 bits per heavy atom. The SMILES string of the molecule is COc1ccccc1-c1ccc(CN)c(=O)n1C1CCCC1. The predicted octanol–water partition coefficient (Wildman–Crippen LogP) is 3.10. The molecule has 0 aliphatic heterocycles. The van der Waals surface area contributed by atoms with Gasteiger partial charge in [0, 0.05) is 23.7 Å². The molecule has 0 spiro atoms. The lowest BCUT2D eigenvalue weighted by Gasteiger charge is -2.21. The van der Waals surface area contributed by atoms with Crippen molar-refractivity contribution in [2.24, 2.45) is 5.73 Å². The molecule has 1 aromatic carbocycles. The van der Waals surface area contributed by atoms with E-state index in [4.69, 9.17) is 10.5 Å². The number of pyridine rings is 1. The fourth-order valence-corrected chi connectivity index (χ4v) is 3.35. The summed E-state index contributed by atoms with van der Waals surface area (Å²) >= 11 is 0. The third kappa shape index (κ3) is 2.55. The second-order valence-electron chi connectivity index (χ2n) is 5.76. The summed E-state index contributed by atoms with van der Waals surface area (Å²) in [5, 5.41) is 0. The van der Waals surface area contributed by atoms with Crippen molar-refractivity contribution in [1.82, 2.24) is 4.57 Å². The minimum absolute atomic E-state index is 0.0396. The third-order valence-electron chi connectivity index (χ3n) is 4.49. The molecule has 0 amide bonds. The van der Waals surface area contributed by atoms with Gasteiger partial charge >= 0.3 is 0 Å². The summed E-state index contributed by atoms with van der Waals surface area (Å²) in [7, 11) is 1.66. The van der Waals surface area contributed by atoms with Crippen LogP contribution in [0.25, 0.3) is 11.3 Å². The molecule has 0 saturated heterocycles. The van der Waals surface area contributed by atoms with Gasteiger partial charge in [-0.15, -0.1) is 0 Å². The van der Waals surface area contributed by atoms with Gasteiger partial charge in [-0.3, -0.25) is 4.79 Å². The highest BCUT2D eigenvalue weighted by atomic mass is 16.5. The van der Waals surface area contributed by atoms with Gasteiger partial charge in [-0.2, -0.15) is 0 Å². The van der Waals surface area contributed by atoms with Crippen molar-refractivity contribution in [1.29, 1.82) is 0 Å². The standard InChI is InChI=1S/C18H22N2O2/c1-22-17-9-5-4-8-15(17)16-11-10-13(12-19)18(21)20(16)14-6-2-3-7-14/h4-5,8-11,14H,2-3,6-7,12,19H2,1H3. The first kappa shape index (κ1) is 14.9. The molecule has 4 heteroatoms. The predicted molar refractivity (Wildman–Crippen MR) is 88.1 cm³/mol. The number of ether oxygens (including phenoxy) is 1. The summed E-state index contributed by atoms with van der Waals surface area (Å²) in [4.78, 5) is 12.8. The van der Waals surface area contributed by atoms with E-state index < -0.39 is 0 Å². The van der Waals surface area contributed by atoms with Crippen molar-refractivity contribution < 1.29 is 4.74 Å². The molecule has 4 nitrogen and oxygen atoms in total. The van der Waals surface area contributed by atoms with Gasteiger partial charge in [0.25, 0.3) is 5.56 Å². The van der Waals surface area contributed by atoms with Crippen LogP contribution in [0.5, 0.6) is 5.75 Å². The van der Waals surface area contributed by atoms with E-state index in [0.29, 0.717) is 5.56 Å². The molecular weight excluding hydrogens is 276 g/mol. The highest BCUT2D eigenvalue weighted by Gasteiger charge is 2.23.